The van der Waals surface area contributed by atoms with Gasteiger partial charge in [-0.2, -0.15) is 0 Å². The van der Waals surface area contributed by atoms with Crippen molar-refractivity contribution in [2.24, 2.45) is 0 Å². The molecule has 1 aromatic carbocycles. The van der Waals surface area contributed by atoms with E-state index in [9.17, 15) is 13.2 Å². The van der Waals surface area contributed by atoms with E-state index in [1.54, 1.807) is 12.1 Å². The number of hydrogen-bond acceptors (Lipinski definition) is 3. The van der Waals surface area contributed by atoms with Gasteiger partial charge in [0.2, 0.25) is 0 Å². The fourth-order valence-electron chi connectivity index (χ4n) is 0.734. The van der Waals surface area contributed by atoms with Gasteiger partial charge in [-0.3, -0.25) is 4.79 Å². The predicted octanol–water partition coefficient (Wildman–Crippen LogP) is 0.174. The van der Waals surface area contributed by atoms with Gasteiger partial charge in [0, 0.05) is 13.1 Å². The molecule has 0 N–H and O–H groups in total. The van der Waals surface area contributed by atoms with Crippen molar-refractivity contribution in [2.75, 3.05) is 7.05 Å². The number of rotatable bonds is 3. The normalized spacial score (nSPS) is 10.8. The first kappa shape index (κ1) is 9.73. The van der Waals surface area contributed by atoms with Gasteiger partial charge in [0.1, 0.15) is 0 Å². The van der Waals surface area contributed by atoms with Gasteiger partial charge in [-0.1, -0.05) is 18.2 Å². The molecule has 1 amide bonds. The fraction of sp³-hybridized carbons (Fsp3) is 0.125. The number of carbonyl (C=O) groups excluding carboxylic acids is 1. The summed E-state index contributed by atoms with van der Waals surface area (Å²) in [6, 6.07) is 8.54. The van der Waals surface area contributed by atoms with E-state index in [1.807, 2.05) is 0 Å². The summed E-state index contributed by atoms with van der Waals surface area (Å²) in [7, 11) is -2.61. The topological polar surface area (TPSA) is 54.5 Å². The van der Waals surface area contributed by atoms with Gasteiger partial charge in [0.15, 0.2) is 0 Å². The molecule has 0 atom stereocenters. The van der Waals surface area contributed by atoms with E-state index >= 15 is 0 Å². The Morgan fingerprint density at radius 1 is 1.46 bits per heavy atom. The molecule has 0 spiro atoms. The number of benzene rings is 1. The van der Waals surface area contributed by atoms with Crippen molar-refractivity contribution in [3.05, 3.63) is 30.3 Å². The maximum atomic E-state index is 11.4. The zero-order chi connectivity index (χ0) is 9.90. The Labute approximate surface area is 76.8 Å². The molecule has 0 bridgehead atoms. The van der Waals surface area contributed by atoms with Crippen LogP contribution in [-0.4, -0.2) is 26.2 Å². The third kappa shape index (κ3) is 1.86. The Bertz CT molecular complexity index is 385. The number of sulfonamides is 1. The molecule has 0 aliphatic heterocycles. The average Bonchev–Trinajstić information content (AvgIpc) is 2.18. The quantitative estimate of drug-likeness (QED) is 0.649. The first-order valence-corrected chi connectivity index (χ1v) is 4.86. The zero-order valence-electron chi connectivity index (χ0n) is 6.89. The molecule has 0 saturated carbocycles. The SMILES string of the molecule is CN([C]=O)S(=O)(=O)c1[c]cccc1. The minimum atomic E-state index is -3.73. The van der Waals surface area contributed by atoms with Crippen LogP contribution in [0.5, 0.6) is 0 Å². The first-order chi connectivity index (χ1) is 6.09. The molecule has 5 heteroatoms. The molecular weight excluding hydrogens is 190 g/mol. The van der Waals surface area contributed by atoms with E-state index in [0.29, 0.717) is 4.31 Å². The van der Waals surface area contributed by atoms with Crippen molar-refractivity contribution >= 4 is 16.4 Å². The Balaban J connectivity index is 3.16. The minimum absolute atomic E-state index is 0.0409. The lowest BCUT2D eigenvalue weighted by Gasteiger charge is -2.09. The van der Waals surface area contributed by atoms with Crippen LogP contribution in [0.25, 0.3) is 0 Å². The molecule has 68 valence electrons. The third-order valence-electron chi connectivity index (χ3n) is 1.45. The standard InChI is InChI=1S/C8H7NO3S/c1-9(7-10)13(11,12)8-5-3-2-4-6-8/h2-5H,1H3. The van der Waals surface area contributed by atoms with Gasteiger partial charge in [-0.15, -0.1) is 0 Å². The van der Waals surface area contributed by atoms with Crippen molar-refractivity contribution in [2.45, 2.75) is 4.90 Å². The predicted molar refractivity (Wildman–Crippen MR) is 45.9 cm³/mol. The summed E-state index contributed by atoms with van der Waals surface area (Å²) >= 11 is 0. The lowest BCUT2D eigenvalue weighted by Crippen LogP contribution is -2.25. The van der Waals surface area contributed by atoms with Crippen molar-refractivity contribution in [3.63, 3.8) is 0 Å². The van der Waals surface area contributed by atoms with Crippen molar-refractivity contribution in [1.29, 1.82) is 0 Å². The fourth-order valence-corrected chi connectivity index (χ4v) is 1.59. The van der Waals surface area contributed by atoms with E-state index in [-0.39, 0.29) is 4.90 Å². The maximum Gasteiger partial charge on any atom is 0.326 e. The van der Waals surface area contributed by atoms with Crippen LogP contribution in [0.3, 0.4) is 0 Å². The van der Waals surface area contributed by atoms with Gasteiger partial charge < -0.3 is 0 Å². The highest BCUT2D eigenvalue weighted by Gasteiger charge is 2.19. The average molecular weight is 197 g/mol. The molecule has 0 heterocycles. The molecule has 4 nitrogen and oxygen atoms in total. The second kappa shape index (κ2) is 3.57. The molecule has 13 heavy (non-hydrogen) atoms. The largest absolute Gasteiger partial charge is 0.326 e. The third-order valence-corrected chi connectivity index (χ3v) is 3.05. The van der Waals surface area contributed by atoms with Crippen molar-refractivity contribution < 1.29 is 13.2 Å². The summed E-state index contributed by atoms with van der Waals surface area (Å²) < 4.78 is 23.3. The Hall–Kier alpha value is -1.36. The van der Waals surface area contributed by atoms with Crippen LogP contribution >= 0.6 is 0 Å². The first-order valence-electron chi connectivity index (χ1n) is 3.42. The van der Waals surface area contributed by atoms with E-state index < -0.39 is 10.0 Å². The van der Waals surface area contributed by atoms with Gasteiger partial charge in [-0.05, 0) is 6.07 Å². The number of nitrogens with zero attached hydrogens (tertiary/aromatic N) is 1. The molecular formula is C8H7NO3S. The van der Waals surface area contributed by atoms with Crippen LogP contribution in [-0.2, 0) is 14.8 Å². The summed E-state index contributed by atoms with van der Waals surface area (Å²) in [6.45, 7) is 0. The molecule has 0 aromatic heterocycles. The van der Waals surface area contributed by atoms with Gasteiger partial charge >= 0.3 is 6.41 Å². The van der Waals surface area contributed by atoms with Gasteiger partial charge in [-0.25, -0.2) is 12.7 Å². The minimum Gasteiger partial charge on any atom is -0.262 e. The lowest BCUT2D eigenvalue weighted by atomic mass is 10.4. The van der Waals surface area contributed by atoms with E-state index in [4.69, 9.17) is 0 Å². The summed E-state index contributed by atoms with van der Waals surface area (Å²) in [6.07, 6.45) is 1.28. The Morgan fingerprint density at radius 3 is 2.62 bits per heavy atom. The van der Waals surface area contributed by atoms with E-state index in [1.165, 1.54) is 18.5 Å². The molecule has 1 rings (SSSR count). The van der Waals surface area contributed by atoms with Crippen molar-refractivity contribution in [3.8, 4) is 0 Å². The highest BCUT2D eigenvalue weighted by molar-refractivity contribution is 7.89. The second-order valence-corrected chi connectivity index (χ2v) is 4.23. The molecule has 0 saturated heterocycles. The van der Waals surface area contributed by atoms with Crippen LogP contribution in [0, 0.1) is 6.07 Å². The van der Waals surface area contributed by atoms with E-state index in [0.717, 1.165) is 7.05 Å². The summed E-state index contributed by atoms with van der Waals surface area (Å²) in [5.41, 5.74) is 0. The maximum absolute atomic E-state index is 11.4. The smallest absolute Gasteiger partial charge is 0.262 e. The van der Waals surface area contributed by atoms with Crippen molar-refractivity contribution in [1.82, 2.24) is 4.31 Å². The molecule has 0 fully saturated rings. The Morgan fingerprint density at radius 2 is 2.15 bits per heavy atom. The molecule has 1 aromatic rings. The number of hydrogen-bond donors (Lipinski definition) is 0. The van der Waals surface area contributed by atoms with Crippen LogP contribution in [0.1, 0.15) is 0 Å². The second-order valence-electron chi connectivity index (χ2n) is 2.29. The van der Waals surface area contributed by atoms with Gasteiger partial charge in [0.25, 0.3) is 10.0 Å². The summed E-state index contributed by atoms with van der Waals surface area (Å²) in [5.74, 6) is 0. The highest BCUT2D eigenvalue weighted by atomic mass is 32.2. The van der Waals surface area contributed by atoms with E-state index in [2.05, 4.69) is 6.07 Å². The lowest BCUT2D eigenvalue weighted by molar-refractivity contribution is 0.498. The van der Waals surface area contributed by atoms with Crippen LogP contribution in [0.4, 0.5) is 0 Å². The van der Waals surface area contributed by atoms with Gasteiger partial charge in [0.05, 0.1) is 4.90 Å². The number of amides is 1. The highest BCUT2D eigenvalue weighted by Crippen LogP contribution is 2.10. The van der Waals surface area contributed by atoms with Crippen LogP contribution in [0.2, 0.25) is 0 Å². The summed E-state index contributed by atoms with van der Waals surface area (Å²) in [5, 5.41) is 0. The molecule has 0 aliphatic rings. The molecule has 2 radical (unpaired) electrons. The molecule has 0 unspecified atom stereocenters. The zero-order valence-corrected chi connectivity index (χ0v) is 7.71. The van der Waals surface area contributed by atoms with Crippen LogP contribution < -0.4 is 0 Å². The Kier molecular flexibility index (Phi) is 2.67. The molecule has 0 aliphatic carbocycles. The monoisotopic (exact) mass is 197 g/mol. The summed E-state index contributed by atoms with van der Waals surface area (Å²) in [4.78, 5) is 10.1. The van der Waals surface area contributed by atoms with Crippen LogP contribution in [0.15, 0.2) is 29.2 Å².